The lowest BCUT2D eigenvalue weighted by atomic mass is 10.0. The summed E-state index contributed by atoms with van der Waals surface area (Å²) in [6, 6.07) is 13.4. The van der Waals surface area contributed by atoms with Crippen LogP contribution in [0.25, 0.3) is 21.2 Å². The maximum absolute atomic E-state index is 12.7. The number of hydrogen-bond acceptors (Lipinski definition) is 5. The molecular weight excluding hydrogens is 360 g/mol. The Labute approximate surface area is 161 Å². The Morgan fingerprint density at radius 3 is 2.85 bits per heavy atom. The summed E-state index contributed by atoms with van der Waals surface area (Å²) in [5.41, 5.74) is 2.70. The van der Waals surface area contributed by atoms with Gasteiger partial charge < -0.3 is 9.15 Å². The van der Waals surface area contributed by atoms with Gasteiger partial charge in [0.1, 0.15) is 0 Å². The molecule has 0 aliphatic carbocycles. The van der Waals surface area contributed by atoms with E-state index in [0.29, 0.717) is 29.0 Å². The lowest BCUT2D eigenvalue weighted by molar-refractivity contribution is 0.0998. The molecule has 0 atom stereocenters. The minimum Gasteiger partial charge on any atom is -0.490 e. The van der Waals surface area contributed by atoms with Crippen molar-refractivity contribution in [3.05, 3.63) is 53.8 Å². The van der Waals surface area contributed by atoms with E-state index in [9.17, 15) is 4.79 Å². The van der Waals surface area contributed by atoms with E-state index in [1.807, 2.05) is 37.3 Å². The molecule has 4 rings (SSSR count). The highest BCUT2D eigenvalue weighted by atomic mass is 32.1. The van der Waals surface area contributed by atoms with Crippen molar-refractivity contribution < 1.29 is 13.9 Å². The number of nitrogens with zero attached hydrogens (tertiary/aromatic N) is 1. The van der Waals surface area contributed by atoms with Crippen molar-refractivity contribution in [2.45, 2.75) is 26.7 Å². The molecule has 6 heteroatoms. The highest BCUT2D eigenvalue weighted by Crippen LogP contribution is 2.33. The van der Waals surface area contributed by atoms with Gasteiger partial charge in [0, 0.05) is 5.39 Å². The third-order valence-electron chi connectivity index (χ3n) is 4.32. The first-order valence-corrected chi connectivity index (χ1v) is 9.74. The van der Waals surface area contributed by atoms with E-state index in [4.69, 9.17) is 9.15 Å². The molecule has 0 bridgehead atoms. The number of rotatable bonds is 5. The van der Waals surface area contributed by atoms with E-state index in [0.717, 1.165) is 15.6 Å². The van der Waals surface area contributed by atoms with Gasteiger partial charge in [-0.1, -0.05) is 49.4 Å². The summed E-state index contributed by atoms with van der Waals surface area (Å²) in [7, 11) is 0. The molecule has 0 unspecified atom stereocenters. The van der Waals surface area contributed by atoms with Crippen molar-refractivity contribution >= 4 is 43.6 Å². The van der Waals surface area contributed by atoms with Crippen LogP contribution in [0, 0.1) is 0 Å². The molecule has 0 saturated heterocycles. The number of amides is 1. The molecule has 5 nitrogen and oxygen atoms in total. The lowest BCUT2D eigenvalue weighted by Crippen LogP contribution is -2.10. The van der Waals surface area contributed by atoms with Crippen molar-refractivity contribution in [3.63, 3.8) is 0 Å². The van der Waals surface area contributed by atoms with Gasteiger partial charge in [-0.25, -0.2) is 4.98 Å². The van der Waals surface area contributed by atoms with Crippen molar-refractivity contribution in [1.29, 1.82) is 0 Å². The third kappa shape index (κ3) is 3.28. The molecule has 0 saturated carbocycles. The molecule has 27 heavy (non-hydrogen) atoms. The molecule has 138 valence electrons. The average molecular weight is 380 g/mol. The Kier molecular flexibility index (Phi) is 4.58. The minimum atomic E-state index is -0.321. The van der Waals surface area contributed by atoms with Crippen LogP contribution in [0.3, 0.4) is 0 Å². The third-order valence-corrected chi connectivity index (χ3v) is 5.26. The van der Waals surface area contributed by atoms with Crippen LogP contribution in [-0.2, 0) is 0 Å². The van der Waals surface area contributed by atoms with Gasteiger partial charge in [0.2, 0.25) is 0 Å². The quantitative estimate of drug-likeness (QED) is 0.474. The van der Waals surface area contributed by atoms with Crippen LogP contribution >= 0.6 is 11.3 Å². The summed E-state index contributed by atoms with van der Waals surface area (Å²) in [5, 5.41) is 4.25. The standard InChI is InChI=1S/C21H20N2O3S/c1-4-25-15-9-5-7-13-11-16(26-19(13)15)20(24)23-21-22-18-14(12(2)3)8-6-10-17(18)27-21/h5-12H,4H2,1-3H3,(H,22,23,24). The van der Waals surface area contributed by atoms with Gasteiger partial charge in [-0.15, -0.1) is 0 Å². The Morgan fingerprint density at radius 1 is 1.26 bits per heavy atom. The number of hydrogen-bond donors (Lipinski definition) is 1. The second-order valence-corrected chi connectivity index (χ2v) is 7.57. The van der Waals surface area contributed by atoms with E-state index in [1.54, 1.807) is 6.07 Å². The van der Waals surface area contributed by atoms with E-state index in [2.05, 4.69) is 30.2 Å². The second-order valence-electron chi connectivity index (χ2n) is 6.54. The normalized spacial score (nSPS) is 11.4. The predicted molar refractivity (Wildman–Crippen MR) is 109 cm³/mol. The Morgan fingerprint density at radius 2 is 2.07 bits per heavy atom. The van der Waals surface area contributed by atoms with Crippen molar-refractivity contribution in [3.8, 4) is 5.75 Å². The summed E-state index contributed by atoms with van der Waals surface area (Å²) >= 11 is 1.46. The number of fused-ring (bicyclic) bond motifs is 2. The van der Waals surface area contributed by atoms with Gasteiger partial charge in [-0.05, 0) is 36.6 Å². The number of furan rings is 1. The smallest absolute Gasteiger partial charge is 0.293 e. The number of para-hydroxylation sites is 2. The van der Waals surface area contributed by atoms with Gasteiger partial charge in [-0.2, -0.15) is 0 Å². The highest BCUT2D eigenvalue weighted by molar-refractivity contribution is 7.22. The Balaban J connectivity index is 1.64. The Hall–Kier alpha value is -2.86. The van der Waals surface area contributed by atoms with Crippen molar-refractivity contribution in [2.24, 2.45) is 0 Å². The SMILES string of the molecule is CCOc1cccc2cc(C(=O)Nc3nc4c(C(C)C)cccc4s3)oc12. The van der Waals surface area contributed by atoms with Crippen LogP contribution in [0.4, 0.5) is 5.13 Å². The number of carbonyl (C=O) groups excluding carboxylic acids is 1. The Bertz CT molecular complexity index is 1130. The molecule has 0 aliphatic rings. The number of benzene rings is 2. The van der Waals surface area contributed by atoms with Crippen LogP contribution in [0.15, 0.2) is 46.9 Å². The van der Waals surface area contributed by atoms with Crippen LogP contribution in [0.1, 0.15) is 42.8 Å². The maximum Gasteiger partial charge on any atom is 0.293 e. The number of thiazole rings is 1. The van der Waals surface area contributed by atoms with Crippen LogP contribution in [-0.4, -0.2) is 17.5 Å². The van der Waals surface area contributed by atoms with E-state index in [1.165, 1.54) is 16.9 Å². The van der Waals surface area contributed by atoms with E-state index < -0.39 is 0 Å². The molecular formula is C21H20N2O3S. The topological polar surface area (TPSA) is 64.4 Å². The lowest BCUT2D eigenvalue weighted by Gasteiger charge is -2.04. The zero-order valence-electron chi connectivity index (χ0n) is 15.4. The largest absolute Gasteiger partial charge is 0.490 e. The molecule has 4 aromatic rings. The first kappa shape index (κ1) is 17.5. The summed E-state index contributed by atoms with van der Waals surface area (Å²) in [6.07, 6.45) is 0. The fourth-order valence-corrected chi connectivity index (χ4v) is 3.96. The molecule has 0 radical (unpaired) electrons. The van der Waals surface area contributed by atoms with Gasteiger partial charge in [0.25, 0.3) is 5.91 Å². The summed E-state index contributed by atoms with van der Waals surface area (Å²) < 4.78 is 12.4. The second kappa shape index (κ2) is 7.04. The summed E-state index contributed by atoms with van der Waals surface area (Å²) in [4.78, 5) is 17.3. The molecule has 1 N–H and O–H groups in total. The fraction of sp³-hybridized carbons (Fsp3) is 0.238. The van der Waals surface area contributed by atoms with Gasteiger partial charge in [-0.3, -0.25) is 10.1 Å². The molecule has 0 aliphatic heterocycles. The molecule has 1 amide bonds. The van der Waals surface area contributed by atoms with Crippen molar-refractivity contribution in [2.75, 3.05) is 11.9 Å². The average Bonchev–Trinajstić information content (AvgIpc) is 3.25. The molecule has 2 aromatic carbocycles. The number of carbonyl (C=O) groups is 1. The molecule has 0 fully saturated rings. The van der Waals surface area contributed by atoms with Crippen LogP contribution < -0.4 is 10.1 Å². The van der Waals surface area contributed by atoms with Gasteiger partial charge in [0.05, 0.1) is 16.8 Å². The van der Waals surface area contributed by atoms with Gasteiger partial charge >= 0.3 is 0 Å². The van der Waals surface area contributed by atoms with Crippen LogP contribution in [0.5, 0.6) is 5.75 Å². The fourth-order valence-electron chi connectivity index (χ4n) is 3.07. The number of anilines is 1. The van der Waals surface area contributed by atoms with Crippen LogP contribution in [0.2, 0.25) is 0 Å². The number of aromatic nitrogens is 1. The highest BCUT2D eigenvalue weighted by Gasteiger charge is 2.17. The summed E-state index contributed by atoms with van der Waals surface area (Å²) in [6.45, 7) is 6.71. The van der Waals surface area contributed by atoms with Gasteiger partial charge in [0.15, 0.2) is 22.2 Å². The minimum absolute atomic E-state index is 0.237. The zero-order chi connectivity index (χ0) is 19.0. The maximum atomic E-state index is 12.7. The van der Waals surface area contributed by atoms with E-state index in [-0.39, 0.29) is 11.7 Å². The first-order chi connectivity index (χ1) is 13.1. The zero-order valence-corrected chi connectivity index (χ0v) is 16.2. The van der Waals surface area contributed by atoms with Crippen molar-refractivity contribution in [1.82, 2.24) is 4.98 Å². The number of ether oxygens (including phenoxy) is 1. The van der Waals surface area contributed by atoms with E-state index >= 15 is 0 Å². The molecule has 2 aromatic heterocycles. The molecule has 2 heterocycles. The number of nitrogens with one attached hydrogen (secondary N) is 1. The first-order valence-electron chi connectivity index (χ1n) is 8.93. The molecule has 0 spiro atoms. The summed E-state index contributed by atoms with van der Waals surface area (Å²) in [5.74, 6) is 0.918. The monoisotopic (exact) mass is 380 g/mol. The predicted octanol–water partition coefficient (Wildman–Crippen LogP) is 5.82.